The Kier molecular flexibility index (Phi) is 3.60. The minimum Gasteiger partial charge on any atom is -0.383 e. The predicted molar refractivity (Wildman–Crippen MR) is 68.5 cm³/mol. The molecule has 0 aromatic carbocycles. The number of nitrogens with two attached hydrogens (primary N) is 1. The molecule has 0 saturated carbocycles. The fraction of sp³-hybridized carbons (Fsp3) is 0.700. The SMILES string of the molecule is CN1CCCC(N(C)S(=O)(=O)c2cn[nH]c2N)C1. The number of nitrogens with zero attached hydrogens (tertiary/aromatic N) is 3. The summed E-state index contributed by atoms with van der Waals surface area (Å²) in [5.74, 6) is 0.0889. The van der Waals surface area contributed by atoms with Crippen molar-refractivity contribution in [2.75, 3.05) is 32.9 Å². The third-order valence-electron chi connectivity index (χ3n) is 3.40. The second kappa shape index (κ2) is 4.87. The first-order valence-corrected chi connectivity index (χ1v) is 7.32. The molecule has 1 atom stereocenters. The number of likely N-dealkylation sites (N-methyl/N-ethyl adjacent to an activating group) is 2. The highest BCUT2D eigenvalue weighted by Crippen LogP contribution is 2.23. The molecule has 7 nitrogen and oxygen atoms in total. The van der Waals surface area contributed by atoms with E-state index in [0.717, 1.165) is 25.9 Å². The van der Waals surface area contributed by atoms with Crippen molar-refractivity contribution in [3.63, 3.8) is 0 Å². The molecule has 0 bridgehead atoms. The third kappa shape index (κ3) is 2.36. The van der Waals surface area contributed by atoms with Crippen molar-refractivity contribution >= 4 is 15.8 Å². The van der Waals surface area contributed by atoms with E-state index in [1.54, 1.807) is 7.05 Å². The summed E-state index contributed by atoms with van der Waals surface area (Å²) in [5, 5.41) is 6.12. The van der Waals surface area contributed by atoms with Gasteiger partial charge < -0.3 is 10.6 Å². The molecule has 0 spiro atoms. The van der Waals surface area contributed by atoms with Crippen LogP contribution in [-0.2, 0) is 10.0 Å². The molecular formula is C10H19N5O2S. The first-order chi connectivity index (χ1) is 8.43. The molecule has 8 heteroatoms. The van der Waals surface area contributed by atoms with Gasteiger partial charge in [-0.3, -0.25) is 5.10 Å². The van der Waals surface area contributed by atoms with Gasteiger partial charge in [0.05, 0.1) is 6.20 Å². The molecule has 1 unspecified atom stereocenters. The van der Waals surface area contributed by atoms with E-state index < -0.39 is 10.0 Å². The summed E-state index contributed by atoms with van der Waals surface area (Å²) in [5.41, 5.74) is 5.59. The van der Waals surface area contributed by atoms with Crippen molar-refractivity contribution in [3.05, 3.63) is 6.20 Å². The average molecular weight is 273 g/mol. The van der Waals surface area contributed by atoms with Crippen LogP contribution in [0, 0.1) is 0 Å². The Morgan fingerprint density at radius 1 is 1.61 bits per heavy atom. The van der Waals surface area contributed by atoms with Crippen LogP contribution in [0.4, 0.5) is 5.82 Å². The van der Waals surface area contributed by atoms with Gasteiger partial charge in [0.2, 0.25) is 10.0 Å². The van der Waals surface area contributed by atoms with Crippen LogP contribution in [0.25, 0.3) is 0 Å². The lowest BCUT2D eigenvalue weighted by molar-refractivity contribution is 0.187. The highest BCUT2D eigenvalue weighted by molar-refractivity contribution is 7.89. The second-order valence-electron chi connectivity index (χ2n) is 4.73. The average Bonchev–Trinajstić information content (AvgIpc) is 2.75. The molecule has 1 aliphatic rings. The van der Waals surface area contributed by atoms with E-state index in [1.807, 2.05) is 7.05 Å². The largest absolute Gasteiger partial charge is 0.383 e. The summed E-state index contributed by atoms with van der Waals surface area (Å²) in [7, 11) is 0.0402. The molecule has 1 fully saturated rings. The summed E-state index contributed by atoms with van der Waals surface area (Å²) in [6, 6.07) is -0.0111. The third-order valence-corrected chi connectivity index (χ3v) is 5.34. The molecule has 3 N–H and O–H groups in total. The topological polar surface area (TPSA) is 95.3 Å². The number of nitrogens with one attached hydrogen (secondary N) is 1. The van der Waals surface area contributed by atoms with Gasteiger partial charge in [-0.05, 0) is 26.4 Å². The molecule has 102 valence electrons. The summed E-state index contributed by atoms with van der Waals surface area (Å²) in [6.45, 7) is 1.76. The Morgan fingerprint density at radius 2 is 2.33 bits per heavy atom. The van der Waals surface area contributed by atoms with Crippen LogP contribution >= 0.6 is 0 Å². The molecule has 2 heterocycles. The predicted octanol–water partition coefficient (Wildman–Crippen LogP) is -0.293. The van der Waals surface area contributed by atoms with Crippen molar-refractivity contribution in [1.29, 1.82) is 0 Å². The maximum atomic E-state index is 12.4. The van der Waals surface area contributed by atoms with E-state index >= 15 is 0 Å². The van der Waals surface area contributed by atoms with Crippen LogP contribution in [0.1, 0.15) is 12.8 Å². The lowest BCUT2D eigenvalue weighted by Gasteiger charge is -2.34. The van der Waals surface area contributed by atoms with Gasteiger partial charge in [0.25, 0.3) is 0 Å². The molecule has 1 aliphatic heterocycles. The number of likely N-dealkylation sites (tertiary alicyclic amines) is 1. The fourth-order valence-electron chi connectivity index (χ4n) is 2.28. The number of aromatic amines is 1. The number of aromatic nitrogens is 2. The van der Waals surface area contributed by atoms with Crippen LogP contribution < -0.4 is 5.73 Å². The zero-order chi connectivity index (χ0) is 13.3. The van der Waals surface area contributed by atoms with E-state index in [2.05, 4.69) is 15.1 Å². The zero-order valence-corrected chi connectivity index (χ0v) is 11.4. The van der Waals surface area contributed by atoms with Crippen molar-refractivity contribution < 1.29 is 8.42 Å². The quantitative estimate of drug-likeness (QED) is 0.789. The Labute approximate surface area is 107 Å². The maximum Gasteiger partial charge on any atom is 0.248 e. The van der Waals surface area contributed by atoms with Gasteiger partial charge in [0.1, 0.15) is 10.7 Å². The van der Waals surface area contributed by atoms with Gasteiger partial charge in [-0.1, -0.05) is 0 Å². The Balaban J connectivity index is 2.22. The van der Waals surface area contributed by atoms with Gasteiger partial charge in [0.15, 0.2) is 0 Å². The molecule has 1 saturated heterocycles. The van der Waals surface area contributed by atoms with Crippen molar-refractivity contribution in [3.8, 4) is 0 Å². The van der Waals surface area contributed by atoms with E-state index in [4.69, 9.17) is 5.73 Å². The molecule has 0 amide bonds. The number of rotatable bonds is 3. The molecule has 1 aromatic heterocycles. The highest BCUT2D eigenvalue weighted by atomic mass is 32.2. The Bertz CT molecular complexity index is 512. The van der Waals surface area contributed by atoms with Crippen LogP contribution in [-0.4, -0.2) is 61.0 Å². The summed E-state index contributed by atoms with van der Waals surface area (Å²) in [6.07, 6.45) is 3.13. The van der Waals surface area contributed by atoms with Crippen LogP contribution in [0.2, 0.25) is 0 Å². The summed E-state index contributed by atoms with van der Waals surface area (Å²) < 4.78 is 26.2. The van der Waals surface area contributed by atoms with E-state index in [9.17, 15) is 8.42 Å². The van der Waals surface area contributed by atoms with Crippen molar-refractivity contribution in [1.82, 2.24) is 19.4 Å². The smallest absolute Gasteiger partial charge is 0.248 e. The number of sulfonamides is 1. The standard InChI is InChI=1S/C10H19N5O2S/c1-14-5-3-4-8(7-14)15(2)18(16,17)9-6-12-13-10(9)11/h6,8H,3-5,7H2,1-2H3,(H3,11,12,13). The normalized spacial score (nSPS) is 22.5. The lowest BCUT2D eigenvalue weighted by atomic mass is 10.1. The maximum absolute atomic E-state index is 12.4. The Morgan fingerprint density at radius 3 is 2.89 bits per heavy atom. The monoisotopic (exact) mass is 273 g/mol. The number of hydrogen-bond donors (Lipinski definition) is 2. The zero-order valence-electron chi connectivity index (χ0n) is 10.6. The van der Waals surface area contributed by atoms with Gasteiger partial charge in [-0.2, -0.15) is 9.40 Å². The number of hydrogen-bond acceptors (Lipinski definition) is 5. The Hall–Kier alpha value is -1.12. The number of H-pyrrole nitrogens is 1. The van der Waals surface area contributed by atoms with Crippen LogP contribution in [0.3, 0.4) is 0 Å². The first kappa shape index (κ1) is 13.3. The molecule has 0 aliphatic carbocycles. The van der Waals surface area contributed by atoms with E-state index in [-0.39, 0.29) is 16.8 Å². The minimum atomic E-state index is -3.56. The van der Waals surface area contributed by atoms with Gasteiger partial charge in [0, 0.05) is 19.6 Å². The number of anilines is 1. The first-order valence-electron chi connectivity index (χ1n) is 5.88. The van der Waals surface area contributed by atoms with E-state index in [0.29, 0.717) is 0 Å². The number of piperidine rings is 1. The molecule has 1 aromatic rings. The van der Waals surface area contributed by atoms with Gasteiger partial charge in [-0.15, -0.1) is 0 Å². The van der Waals surface area contributed by atoms with Crippen LogP contribution in [0.15, 0.2) is 11.1 Å². The number of nitrogen functional groups attached to an aromatic ring is 1. The minimum absolute atomic E-state index is 0.0111. The molecule has 0 radical (unpaired) electrons. The summed E-state index contributed by atoms with van der Waals surface area (Å²) >= 11 is 0. The van der Waals surface area contributed by atoms with Gasteiger partial charge >= 0.3 is 0 Å². The molecule has 18 heavy (non-hydrogen) atoms. The van der Waals surface area contributed by atoms with Gasteiger partial charge in [-0.25, -0.2) is 8.42 Å². The lowest BCUT2D eigenvalue weighted by Crippen LogP contribution is -2.47. The summed E-state index contributed by atoms with van der Waals surface area (Å²) in [4.78, 5) is 2.19. The molecule has 2 rings (SSSR count). The highest BCUT2D eigenvalue weighted by Gasteiger charge is 2.32. The van der Waals surface area contributed by atoms with Crippen LogP contribution in [0.5, 0.6) is 0 Å². The van der Waals surface area contributed by atoms with Crippen molar-refractivity contribution in [2.45, 2.75) is 23.8 Å². The van der Waals surface area contributed by atoms with E-state index in [1.165, 1.54) is 10.5 Å². The molecular weight excluding hydrogens is 254 g/mol. The fourth-order valence-corrected chi connectivity index (χ4v) is 3.66. The second-order valence-corrected chi connectivity index (χ2v) is 6.69. The van der Waals surface area contributed by atoms with Crippen molar-refractivity contribution in [2.24, 2.45) is 0 Å².